The average Bonchev–Trinajstić information content (AvgIpc) is 2.12. The maximum absolute atomic E-state index is 10.5. The Balaban J connectivity index is 3.45. The Labute approximate surface area is 80.9 Å². The number of rotatable bonds is 2. The van der Waals surface area contributed by atoms with E-state index >= 15 is 0 Å². The summed E-state index contributed by atoms with van der Waals surface area (Å²) >= 11 is 5.84. The Morgan fingerprint density at radius 2 is 2.23 bits per heavy atom. The SMILES string of the molecule is COc1c(O)cc(C=O)c(C)c1Cl. The van der Waals surface area contributed by atoms with Crippen molar-refractivity contribution in [2.75, 3.05) is 7.11 Å². The fourth-order valence-corrected chi connectivity index (χ4v) is 1.33. The summed E-state index contributed by atoms with van der Waals surface area (Å²) in [7, 11) is 1.40. The van der Waals surface area contributed by atoms with Crippen LogP contribution >= 0.6 is 11.6 Å². The molecule has 13 heavy (non-hydrogen) atoms. The van der Waals surface area contributed by atoms with E-state index in [1.54, 1.807) is 6.92 Å². The highest BCUT2D eigenvalue weighted by Crippen LogP contribution is 2.37. The minimum Gasteiger partial charge on any atom is -0.504 e. The number of ether oxygens (including phenoxy) is 1. The molecule has 0 aliphatic carbocycles. The van der Waals surface area contributed by atoms with Gasteiger partial charge < -0.3 is 9.84 Å². The molecule has 0 radical (unpaired) electrons. The third-order valence-electron chi connectivity index (χ3n) is 1.82. The number of aromatic hydroxyl groups is 1. The lowest BCUT2D eigenvalue weighted by Gasteiger charge is -2.09. The Bertz CT molecular complexity index is 347. The molecule has 0 amide bonds. The molecule has 0 spiro atoms. The van der Waals surface area contributed by atoms with Gasteiger partial charge in [0.15, 0.2) is 17.8 Å². The van der Waals surface area contributed by atoms with E-state index in [9.17, 15) is 9.90 Å². The summed E-state index contributed by atoms with van der Waals surface area (Å²) in [5.74, 6) is 0.0740. The van der Waals surface area contributed by atoms with Crippen LogP contribution in [-0.2, 0) is 0 Å². The van der Waals surface area contributed by atoms with Gasteiger partial charge in [0.1, 0.15) is 0 Å². The standard InChI is InChI=1S/C9H9ClO3/c1-5-6(4-11)3-7(12)9(13-2)8(5)10/h3-4,12H,1-2H3. The molecular formula is C9H9ClO3. The lowest BCUT2D eigenvalue weighted by Crippen LogP contribution is -1.92. The Hall–Kier alpha value is -1.22. The number of hydrogen-bond acceptors (Lipinski definition) is 3. The molecule has 0 aliphatic rings. The summed E-state index contributed by atoms with van der Waals surface area (Å²) in [6.07, 6.45) is 0.639. The Kier molecular flexibility index (Phi) is 2.78. The second-order valence-corrected chi connectivity index (χ2v) is 2.95. The maximum Gasteiger partial charge on any atom is 0.179 e. The van der Waals surface area contributed by atoms with Crippen LogP contribution in [0.4, 0.5) is 0 Å². The van der Waals surface area contributed by atoms with Crippen molar-refractivity contribution in [3.05, 3.63) is 22.2 Å². The van der Waals surface area contributed by atoms with Gasteiger partial charge in [0, 0.05) is 5.56 Å². The number of carbonyl (C=O) groups excluding carboxylic acids is 1. The fourth-order valence-electron chi connectivity index (χ4n) is 1.05. The number of phenols is 1. The van der Waals surface area contributed by atoms with Gasteiger partial charge in [0.2, 0.25) is 0 Å². The maximum atomic E-state index is 10.5. The number of methoxy groups -OCH3 is 1. The predicted molar refractivity (Wildman–Crippen MR) is 49.8 cm³/mol. The molecule has 0 aliphatic heterocycles. The number of carbonyl (C=O) groups is 1. The molecule has 0 saturated heterocycles. The molecule has 1 aromatic carbocycles. The van der Waals surface area contributed by atoms with Crippen LogP contribution < -0.4 is 4.74 Å². The van der Waals surface area contributed by atoms with Crippen molar-refractivity contribution in [1.29, 1.82) is 0 Å². The van der Waals surface area contributed by atoms with Crippen LogP contribution in [0.25, 0.3) is 0 Å². The average molecular weight is 201 g/mol. The third-order valence-corrected chi connectivity index (χ3v) is 2.27. The zero-order chi connectivity index (χ0) is 10.0. The largest absolute Gasteiger partial charge is 0.504 e. The zero-order valence-corrected chi connectivity index (χ0v) is 8.05. The van der Waals surface area contributed by atoms with Crippen LogP contribution in [0.3, 0.4) is 0 Å². The summed E-state index contributed by atoms with van der Waals surface area (Å²) in [5, 5.41) is 9.63. The molecule has 0 heterocycles. The molecule has 1 N–H and O–H groups in total. The van der Waals surface area contributed by atoms with Crippen molar-refractivity contribution < 1.29 is 14.6 Å². The van der Waals surface area contributed by atoms with Gasteiger partial charge in [0.25, 0.3) is 0 Å². The minimum absolute atomic E-state index is 0.125. The van der Waals surface area contributed by atoms with Gasteiger partial charge in [-0.2, -0.15) is 0 Å². The molecule has 0 saturated carbocycles. The van der Waals surface area contributed by atoms with Gasteiger partial charge in [-0.1, -0.05) is 11.6 Å². The number of benzene rings is 1. The van der Waals surface area contributed by atoms with Gasteiger partial charge in [0.05, 0.1) is 12.1 Å². The topological polar surface area (TPSA) is 46.5 Å². The van der Waals surface area contributed by atoms with Crippen molar-refractivity contribution in [1.82, 2.24) is 0 Å². The van der Waals surface area contributed by atoms with Crippen LogP contribution in [0.2, 0.25) is 5.02 Å². The molecule has 1 aromatic rings. The molecular weight excluding hydrogens is 192 g/mol. The molecule has 4 heteroatoms. The minimum atomic E-state index is -0.125. The highest BCUT2D eigenvalue weighted by atomic mass is 35.5. The monoisotopic (exact) mass is 200 g/mol. The number of halogens is 1. The second kappa shape index (κ2) is 3.66. The van der Waals surface area contributed by atoms with E-state index < -0.39 is 0 Å². The molecule has 0 fully saturated rings. The van der Waals surface area contributed by atoms with Crippen LogP contribution in [-0.4, -0.2) is 18.5 Å². The van der Waals surface area contributed by atoms with Crippen molar-refractivity contribution in [3.8, 4) is 11.5 Å². The molecule has 3 nitrogen and oxygen atoms in total. The van der Waals surface area contributed by atoms with Crippen molar-refractivity contribution >= 4 is 17.9 Å². The molecule has 70 valence electrons. The number of phenolic OH excluding ortho intramolecular Hbond substituents is 1. The number of hydrogen-bond donors (Lipinski definition) is 1. The summed E-state index contributed by atoms with van der Waals surface area (Å²) in [4.78, 5) is 10.5. The Morgan fingerprint density at radius 1 is 1.62 bits per heavy atom. The van der Waals surface area contributed by atoms with Crippen LogP contribution in [0.15, 0.2) is 6.07 Å². The van der Waals surface area contributed by atoms with E-state index in [0.717, 1.165) is 0 Å². The highest BCUT2D eigenvalue weighted by molar-refractivity contribution is 6.33. The van der Waals surface area contributed by atoms with Gasteiger partial charge in [-0.05, 0) is 18.6 Å². The Morgan fingerprint density at radius 3 is 2.69 bits per heavy atom. The first kappa shape index (κ1) is 9.86. The molecule has 0 atom stereocenters. The van der Waals surface area contributed by atoms with Crippen LogP contribution in [0, 0.1) is 6.92 Å². The summed E-state index contributed by atoms with van der Waals surface area (Å²) in [6, 6.07) is 1.33. The zero-order valence-electron chi connectivity index (χ0n) is 7.30. The van der Waals surface area contributed by atoms with Crippen LogP contribution in [0.5, 0.6) is 11.5 Å². The van der Waals surface area contributed by atoms with Crippen molar-refractivity contribution in [3.63, 3.8) is 0 Å². The van der Waals surface area contributed by atoms with Gasteiger partial charge in [-0.3, -0.25) is 4.79 Å². The summed E-state index contributed by atoms with van der Waals surface area (Å²) in [6.45, 7) is 1.69. The lowest BCUT2D eigenvalue weighted by molar-refractivity contribution is 0.112. The quantitative estimate of drug-likeness (QED) is 0.745. The van der Waals surface area contributed by atoms with E-state index in [0.29, 0.717) is 17.4 Å². The summed E-state index contributed by atoms with van der Waals surface area (Å²) < 4.78 is 4.86. The summed E-state index contributed by atoms with van der Waals surface area (Å²) in [5.41, 5.74) is 0.967. The van der Waals surface area contributed by atoms with E-state index in [1.807, 2.05) is 0 Å². The van der Waals surface area contributed by atoms with Crippen LogP contribution in [0.1, 0.15) is 15.9 Å². The lowest BCUT2D eigenvalue weighted by atomic mass is 10.1. The fraction of sp³-hybridized carbons (Fsp3) is 0.222. The number of aldehydes is 1. The third kappa shape index (κ3) is 1.60. The normalized spacial score (nSPS) is 9.77. The molecule has 0 bridgehead atoms. The van der Waals surface area contributed by atoms with Crippen molar-refractivity contribution in [2.24, 2.45) is 0 Å². The molecule has 0 unspecified atom stereocenters. The van der Waals surface area contributed by atoms with E-state index in [2.05, 4.69) is 0 Å². The first-order valence-electron chi connectivity index (χ1n) is 3.63. The smallest absolute Gasteiger partial charge is 0.179 e. The molecule has 1 rings (SSSR count). The first-order valence-corrected chi connectivity index (χ1v) is 4.00. The van der Waals surface area contributed by atoms with Gasteiger partial charge in [-0.15, -0.1) is 0 Å². The molecule has 0 aromatic heterocycles. The second-order valence-electron chi connectivity index (χ2n) is 2.58. The predicted octanol–water partition coefficient (Wildman–Crippen LogP) is 2.18. The van der Waals surface area contributed by atoms with Gasteiger partial charge in [-0.25, -0.2) is 0 Å². The van der Waals surface area contributed by atoms with E-state index in [4.69, 9.17) is 16.3 Å². The first-order chi connectivity index (χ1) is 6.11. The van der Waals surface area contributed by atoms with Gasteiger partial charge >= 0.3 is 0 Å². The van der Waals surface area contributed by atoms with E-state index in [1.165, 1.54) is 13.2 Å². The van der Waals surface area contributed by atoms with Crippen molar-refractivity contribution in [2.45, 2.75) is 6.92 Å². The van der Waals surface area contributed by atoms with E-state index in [-0.39, 0.29) is 16.5 Å². The highest BCUT2D eigenvalue weighted by Gasteiger charge is 2.13.